The number of fused-ring (bicyclic) bond motifs is 1. The fourth-order valence-electron chi connectivity index (χ4n) is 3.16. The highest BCUT2D eigenvalue weighted by molar-refractivity contribution is 5.78. The highest BCUT2D eigenvalue weighted by atomic mass is 16.2. The van der Waals surface area contributed by atoms with Crippen LogP contribution in [0, 0.1) is 6.92 Å². The molecular formula is C15H23N5O. The van der Waals surface area contributed by atoms with Gasteiger partial charge in [-0.05, 0) is 19.8 Å². The Kier molecular flexibility index (Phi) is 3.94. The Morgan fingerprint density at radius 2 is 1.95 bits per heavy atom. The van der Waals surface area contributed by atoms with Gasteiger partial charge < -0.3 is 4.90 Å². The number of hydrogen-bond donors (Lipinski definition) is 0. The van der Waals surface area contributed by atoms with Gasteiger partial charge in [0.05, 0.1) is 18.4 Å². The average molecular weight is 289 g/mol. The highest BCUT2D eigenvalue weighted by Crippen LogP contribution is 2.17. The molecule has 0 aliphatic carbocycles. The summed E-state index contributed by atoms with van der Waals surface area (Å²) in [7, 11) is 1.92. The highest BCUT2D eigenvalue weighted by Gasteiger charge is 2.17. The minimum absolute atomic E-state index is 0.252. The Morgan fingerprint density at radius 1 is 1.24 bits per heavy atom. The van der Waals surface area contributed by atoms with E-state index in [4.69, 9.17) is 0 Å². The molecule has 0 bridgehead atoms. The number of hydrogen-bond acceptors (Lipinski definition) is 3. The molecule has 2 aromatic rings. The lowest BCUT2D eigenvalue weighted by Gasteiger charge is -2.20. The van der Waals surface area contributed by atoms with Crippen molar-refractivity contribution in [2.75, 3.05) is 13.1 Å². The van der Waals surface area contributed by atoms with Crippen molar-refractivity contribution in [1.29, 1.82) is 0 Å². The van der Waals surface area contributed by atoms with E-state index >= 15 is 0 Å². The first-order chi connectivity index (χ1) is 10.2. The Balaban J connectivity index is 1.67. The molecule has 114 valence electrons. The predicted molar refractivity (Wildman–Crippen MR) is 80.9 cm³/mol. The van der Waals surface area contributed by atoms with Gasteiger partial charge in [-0.1, -0.05) is 12.8 Å². The van der Waals surface area contributed by atoms with Gasteiger partial charge in [0.15, 0.2) is 0 Å². The number of carbonyl (C=O) groups excluding carboxylic acids is 1. The van der Waals surface area contributed by atoms with Crippen LogP contribution in [-0.2, 0) is 18.4 Å². The molecule has 1 amide bonds. The van der Waals surface area contributed by atoms with E-state index in [-0.39, 0.29) is 5.91 Å². The maximum Gasteiger partial charge on any atom is 0.224 e. The van der Waals surface area contributed by atoms with Gasteiger partial charge in [0.25, 0.3) is 0 Å². The van der Waals surface area contributed by atoms with Gasteiger partial charge in [-0.25, -0.2) is 0 Å². The summed E-state index contributed by atoms with van der Waals surface area (Å²) in [6.45, 7) is 4.45. The number of aromatic nitrogens is 4. The molecule has 6 nitrogen and oxygen atoms in total. The molecule has 3 heterocycles. The summed E-state index contributed by atoms with van der Waals surface area (Å²) in [6, 6.07) is 0. The van der Waals surface area contributed by atoms with E-state index in [9.17, 15) is 4.79 Å². The second-order valence-corrected chi connectivity index (χ2v) is 5.86. The molecule has 1 fully saturated rings. The van der Waals surface area contributed by atoms with Crippen molar-refractivity contribution in [3.8, 4) is 0 Å². The van der Waals surface area contributed by atoms with Crippen LogP contribution in [0.2, 0.25) is 0 Å². The monoisotopic (exact) mass is 289 g/mol. The van der Waals surface area contributed by atoms with Crippen LogP contribution in [-0.4, -0.2) is 43.5 Å². The SMILES string of the molecule is Cc1nn(C)c2cnn(CCC(=O)N3CCCCCC3)c12. The molecule has 6 heteroatoms. The van der Waals surface area contributed by atoms with Crippen LogP contribution in [0.4, 0.5) is 0 Å². The molecule has 0 spiro atoms. The molecule has 1 aliphatic rings. The number of rotatable bonds is 3. The van der Waals surface area contributed by atoms with Gasteiger partial charge in [-0.2, -0.15) is 10.2 Å². The lowest BCUT2D eigenvalue weighted by atomic mass is 10.2. The third-order valence-electron chi connectivity index (χ3n) is 4.31. The largest absolute Gasteiger partial charge is 0.343 e. The van der Waals surface area contributed by atoms with Crippen molar-refractivity contribution in [3.05, 3.63) is 11.9 Å². The number of carbonyl (C=O) groups is 1. The van der Waals surface area contributed by atoms with Crippen LogP contribution in [0.15, 0.2) is 6.20 Å². The predicted octanol–water partition coefficient (Wildman–Crippen LogP) is 1.87. The lowest BCUT2D eigenvalue weighted by Crippen LogP contribution is -2.32. The third kappa shape index (κ3) is 2.80. The van der Waals surface area contributed by atoms with Gasteiger partial charge in [-0.3, -0.25) is 14.2 Å². The Morgan fingerprint density at radius 3 is 2.67 bits per heavy atom. The molecule has 1 saturated heterocycles. The second kappa shape index (κ2) is 5.87. The first kappa shape index (κ1) is 14.1. The number of likely N-dealkylation sites (tertiary alicyclic amines) is 1. The average Bonchev–Trinajstić information content (AvgIpc) is 2.87. The van der Waals surface area contributed by atoms with Gasteiger partial charge in [0.1, 0.15) is 11.0 Å². The summed E-state index contributed by atoms with van der Waals surface area (Å²) < 4.78 is 3.75. The normalized spacial score (nSPS) is 16.4. The summed E-state index contributed by atoms with van der Waals surface area (Å²) in [5.41, 5.74) is 3.03. The molecular weight excluding hydrogens is 266 g/mol. The summed E-state index contributed by atoms with van der Waals surface area (Å²) >= 11 is 0. The maximum absolute atomic E-state index is 12.3. The summed E-state index contributed by atoms with van der Waals surface area (Å²) in [5.74, 6) is 0.252. The van der Waals surface area contributed by atoms with Crippen LogP contribution in [0.1, 0.15) is 37.8 Å². The summed E-state index contributed by atoms with van der Waals surface area (Å²) in [5, 5.41) is 8.80. The second-order valence-electron chi connectivity index (χ2n) is 5.86. The number of aryl methyl sites for hydroxylation is 3. The van der Waals surface area contributed by atoms with Crippen molar-refractivity contribution in [3.63, 3.8) is 0 Å². The molecule has 0 radical (unpaired) electrons. The van der Waals surface area contributed by atoms with E-state index in [1.807, 2.05) is 34.4 Å². The molecule has 0 saturated carbocycles. The molecule has 3 rings (SSSR count). The van der Waals surface area contributed by atoms with Crippen LogP contribution in [0.25, 0.3) is 11.0 Å². The van der Waals surface area contributed by atoms with E-state index < -0.39 is 0 Å². The fourth-order valence-corrected chi connectivity index (χ4v) is 3.16. The van der Waals surface area contributed by atoms with Crippen molar-refractivity contribution in [1.82, 2.24) is 24.5 Å². The minimum Gasteiger partial charge on any atom is -0.343 e. The van der Waals surface area contributed by atoms with E-state index in [0.717, 1.165) is 42.7 Å². The molecule has 0 unspecified atom stereocenters. The molecule has 0 aromatic carbocycles. The van der Waals surface area contributed by atoms with Crippen LogP contribution >= 0.6 is 0 Å². The third-order valence-corrected chi connectivity index (χ3v) is 4.31. The summed E-state index contributed by atoms with van der Waals surface area (Å²) in [4.78, 5) is 14.4. The van der Waals surface area contributed by atoms with Crippen molar-refractivity contribution in [2.45, 2.75) is 45.6 Å². The fraction of sp³-hybridized carbons (Fsp3) is 0.667. The van der Waals surface area contributed by atoms with Gasteiger partial charge in [0.2, 0.25) is 5.91 Å². The standard InChI is InChI=1S/C15H23N5O/c1-12-15-13(18(2)17-12)11-16-20(15)10-7-14(21)19-8-5-3-4-6-9-19/h11H,3-10H2,1-2H3. The topological polar surface area (TPSA) is 56.0 Å². The zero-order chi connectivity index (χ0) is 14.8. The summed E-state index contributed by atoms with van der Waals surface area (Å²) in [6.07, 6.45) is 7.12. The van der Waals surface area contributed by atoms with E-state index in [1.54, 1.807) is 0 Å². The van der Waals surface area contributed by atoms with E-state index in [2.05, 4.69) is 10.2 Å². The maximum atomic E-state index is 12.3. The van der Waals surface area contributed by atoms with Crippen LogP contribution in [0.3, 0.4) is 0 Å². The van der Waals surface area contributed by atoms with E-state index in [0.29, 0.717) is 13.0 Å². The molecule has 0 atom stereocenters. The lowest BCUT2D eigenvalue weighted by molar-refractivity contribution is -0.131. The zero-order valence-electron chi connectivity index (χ0n) is 12.9. The van der Waals surface area contributed by atoms with Gasteiger partial charge in [0, 0.05) is 26.6 Å². The minimum atomic E-state index is 0.252. The zero-order valence-corrected chi connectivity index (χ0v) is 12.9. The smallest absolute Gasteiger partial charge is 0.224 e. The first-order valence-electron chi connectivity index (χ1n) is 7.79. The number of nitrogens with zero attached hydrogens (tertiary/aromatic N) is 5. The van der Waals surface area contributed by atoms with Crippen LogP contribution < -0.4 is 0 Å². The molecule has 21 heavy (non-hydrogen) atoms. The van der Waals surface area contributed by atoms with E-state index in [1.165, 1.54) is 12.8 Å². The molecule has 2 aromatic heterocycles. The van der Waals surface area contributed by atoms with Crippen molar-refractivity contribution >= 4 is 16.9 Å². The van der Waals surface area contributed by atoms with Gasteiger partial charge in [-0.15, -0.1) is 0 Å². The van der Waals surface area contributed by atoms with Gasteiger partial charge >= 0.3 is 0 Å². The Labute approximate surface area is 124 Å². The number of amides is 1. The quantitative estimate of drug-likeness (QED) is 0.867. The molecule has 1 aliphatic heterocycles. The van der Waals surface area contributed by atoms with Crippen molar-refractivity contribution < 1.29 is 4.79 Å². The Hall–Kier alpha value is -1.85. The molecule has 0 N–H and O–H groups in total. The first-order valence-corrected chi connectivity index (χ1v) is 7.79. The Bertz CT molecular complexity index is 634. The van der Waals surface area contributed by atoms with Crippen molar-refractivity contribution in [2.24, 2.45) is 7.05 Å². The van der Waals surface area contributed by atoms with Crippen LogP contribution in [0.5, 0.6) is 0 Å².